The summed E-state index contributed by atoms with van der Waals surface area (Å²) in [6.07, 6.45) is 2.10. The van der Waals surface area contributed by atoms with Gasteiger partial charge in [0.15, 0.2) is 0 Å². The topological polar surface area (TPSA) is 159 Å². The van der Waals surface area contributed by atoms with Gasteiger partial charge in [0.25, 0.3) is 0 Å². The molecule has 11 nitrogen and oxygen atoms in total. The maximum Gasteiger partial charge on any atom is 0.405 e. The van der Waals surface area contributed by atoms with E-state index in [2.05, 4.69) is 15.7 Å². The molecule has 0 saturated carbocycles. The summed E-state index contributed by atoms with van der Waals surface area (Å²) in [6.45, 7) is 4.31. The van der Waals surface area contributed by atoms with E-state index in [1.165, 1.54) is 6.92 Å². The molecule has 1 aromatic carbocycles. The maximum absolute atomic E-state index is 12.9. The van der Waals surface area contributed by atoms with Gasteiger partial charge in [-0.3, -0.25) is 14.1 Å². The van der Waals surface area contributed by atoms with Crippen molar-refractivity contribution in [1.82, 2.24) is 20.3 Å². The highest BCUT2D eigenvalue weighted by Gasteiger charge is 2.32. The first-order valence-electron chi connectivity index (χ1n) is 11.1. The number of hydrogen-bond donors (Lipinski definition) is 5. The third-order valence-electron chi connectivity index (χ3n) is 5.15. The largest absolute Gasteiger partial charge is 0.480 e. The van der Waals surface area contributed by atoms with Gasteiger partial charge in [0.1, 0.15) is 12.8 Å². The Kier molecular flexibility index (Phi) is 10.2. The van der Waals surface area contributed by atoms with Crippen molar-refractivity contribution in [3.8, 4) is 11.3 Å². The number of amides is 2. The summed E-state index contributed by atoms with van der Waals surface area (Å²) in [5, 5.41) is 16.6. The van der Waals surface area contributed by atoms with Crippen LogP contribution in [0.2, 0.25) is 0 Å². The molecule has 2 amide bonds. The van der Waals surface area contributed by atoms with Gasteiger partial charge < -0.3 is 25.2 Å². The highest BCUT2D eigenvalue weighted by Crippen LogP contribution is 2.37. The van der Waals surface area contributed by atoms with Gasteiger partial charge in [-0.1, -0.05) is 38.1 Å². The fourth-order valence-electron chi connectivity index (χ4n) is 3.43. The van der Waals surface area contributed by atoms with Crippen molar-refractivity contribution < 1.29 is 33.5 Å². The van der Waals surface area contributed by atoms with E-state index < -0.39 is 44.3 Å². The first kappa shape index (κ1) is 28.3. The molecule has 1 unspecified atom stereocenters. The van der Waals surface area contributed by atoms with Crippen molar-refractivity contribution in [2.45, 2.75) is 45.7 Å². The van der Waals surface area contributed by atoms with E-state index in [1.807, 2.05) is 55.9 Å². The van der Waals surface area contributed by atoms with Crippen LogP contribution >= 0.6 is 7.75 Å². The molecule has 5 N–H and O–H groups in total. The van der Waals surface area contributed by atoms with Gasteiger partial charge in [-0.05, 0) is 35.6 Å². The quantitative estimate of drug-likeness (QED) is 0.203. The predicted molar refractivity (Wildman–Crippen MR) is 130 cm³/mol. The first-order valence-corrected chi connectivity index (χ1v) is 12.7. The number of nitrogens with zero attached hydrogens (tertiary/aromatic N) is 1. The van der Waals surface area contributed by atoms with Crippen molar-refractivity contribution in [3.63, 3.8) is 0 Å². The summed E-state index contributed by atoms with van der Waals surface area (Å²) in [7, 11) is -2.53. The lowest BCUT2D eigenvalue weighted by Crippen LogP contribution is -2.50. The molecule has 0 fully saturated rings. The van der Waals surface area contributed by atoms with Gasteiger partial charge >= 0.3 is 13.7 Å². The number of aryl methyl sites for hydroxylation is 1. The van der Waals surface area contributed by atoms with E-state index in [4.69, 9.17) is 4.52 Å². The molecule has 2 aromatic rings. The molecule has 0 aliphatic carbocycles. The third kappa shape index (κ3) is 9.29. The van der Waals surface area contributed by atoms with E-state index in [-0.39, 0.29) is 18.8 Å². The molecule has 0 saturated heterocycles. The molecule has 2 rings (SSSR count). The average molecular weight is 509 g/mol. The highest BCUT2D eigenvalue weighted by molar-refractivity contribution is 7.50. The van der Waals surface area contributed by atoms with Crippen LogP contribution in [0, 0.1) is 5.92 Å². The minimum absolute atomic E-state index is 0.0265. The Hall–Kier alpha value is -2.98. The molecular formula is C23H33N4O7P. The molecule has 12 heteroatoms. The molecule has 1 heterocycles. The standard InChI is InChI=1S/C23H33N4O7P/c1-15(2)12-19(26-35(32,33)34-14-24-16(3)28)22(29)25-20(23(30)31)13-17-7-9-18(10-8-17)21-6-5-11-27(21)4/h5-11,15,19-20H,12-14H2,1-4H3,(H,24,28)(H,25,29)(H,30,31)(H2,26,32,33)/t19-,20-/m0/s1. The number of carboxylic acid groups (broad SMARTS) is 1. The molecule has 192 valence electrons. The Balaban J connectivity index is 2.08. The van der Waals surface area contributed by atoms with Gasteiger partial charge in [-0.2, -0.15) is 0 Å². The minimum atomic E-state index is -4.46. The Morgan fingerprint density at radius 3 is 2.29 bits per heavy atom. The average Bonchev–Trinajstić information content (AvgIpc) is 3.18. The number of rotatable bonds is 13. The SMILES string of the molecule is CC(=O)NCOP(=O)(O)N[C@@H](CC(C)C)C(=O)N[C@@H](Cc1ccc(-c2cccn2C)cc1)C(=O)O. The van der Waals surface area contributed by atoms with Crippen LogP contribution in [0.1, 0.15) is 32.8 Å². The lowest BCUT2D eigenvalue weighted by Gasteiger charge is -2.24. The van der Waals surface area contributed by atoms with Gasteiger partial charge in [-0.15, -0.1) is 0 Å². The number of carboxylic acids is 1. The fraction of sp³-hybridized carbons (Fsp3) is 0.435. The number of aromatic nitrogens is 1. The van der Waals surface area contributed by atoms with Crippen LogP contribution in [-0.2, 0) is 36.9 Å². The number of benzene rings is 1. The first-order chi connectivity index (χ1) is 16.4. The highest BCUT2D eigenvalue weighted by atomic mass is 31.2. The van der Waals surface area contributed by atoms with Crippen molar-refractivity contribution in [2.75, 3.05) is 6.73 Å². The monoisotopic (exact) mass is 508 g/mol. The van der Waals surface area contributed by atoms with E-state index in [0.717, 1.165) is 11.3 Å². The summed E-state index contributed by atoms with van der Waals surface area (Å²) in [5.74, 6) is -2.49. The summed E-state index contributed by atoms with van der Waals surface area (Å²) in [5.41, 5.74) is 2.68. The molecule has 0 bridgehead atoms. The molecule has 0 aliphatic rings. The van der Waals surface area contributed by atoms with Crippen LogP contribution in [0.25, 0.3) is 11.3 Å². The van der Waals surface area contributed by atoms with Crippen LogP contribution in [-0.4, -0.2) is 51.2 Å². The summed E-state index contributed by atoms with van der Waals surface area (Å²) in [4.78, 5) is 45.7. The lowest BCUT2D eigenvalue weighted by atomic mass is 10.0. The molecule has 0 aliphatic heterocycles. The minimum Gasteiger partial charge on any atom is -0.480 e. The Morgan fingerprint density at radius 1 is 1.11 bits per heavy atom. The third-order valence-corrected chi connectivity index (χ3v) is 6.27. The number of carbonyl (C=O) groups excluding carboxylic acids is 2. The zero-order chi connectivity index (χ0) is 26.2. The second-order valence-corrected chi connectivity index (χ2v) is 10.2. The Morgan fingerprint density at radius 2 is 1.77 bits per heavy atom. The maximum atomic E-state index is 12.9. The zero-order valence-corrected chi connectivity index (χ0v) is 21.1. The second kappa shape index (κ2) is 12.6. The van der Waals surface area contributed by atoms with Gasteiger partial charge in [-0.25, -0.2) is 14.4 Å². The van der Waals surface area contributed by atoms with E-state index in [1.54, 1.807) is 12.1 Å². The second-order valence-electron chi connectivity index (χ2n) is 8.64. The van der Waals surface area contributed by atoms with Gasteiger partial charge in [0.05, 0.1) is 6.04 Å². The van der Waals surface area contributed by atoms with Gasteiger partial charge in [0, 0.05) is 32.3 Å². The molecule has 0 radical (unpaired) electrons. The van der Waals surface area contributed by atoms with Crippen LogP contribution in [0.3, 0.4) is 0 Å². The van der Waals surface area contributed by atoms with Crippen molar-refractivity contribution in [3.05, 3.63) is 48.2 Å². The number of carbonyl (C=O) groups is 3. The number of aliphatic carboxylic acids is 1. The summed E-state index contributed by atoms with van der Waals surface area (Å²) >= 11 is 0. The van der Waals surface area contributed by atoms with E-state index in [0.29, 0.717) is 5.56 Å². The van der Waals surface area contributed by atoms with Crippen LogP contribution in [0.4, 0.5) is 0 Å². The molecule has 35 heavy (non-hydrogen) atoms. The lowest BCUT2D eigenvalue weighted by molar-refractivity contribution is -0.142. The predicted octanol–water partition coefficient (Wildman–Crippen LogP) is 2.02. The summed E-state index contributed by atoms with van der Waals surface area (Å²) in [6, 6.07) is 8.81. The Labute approximate surface area is 204 Å². The van der Waals surface area contributed by atoms with Crippen LogP contribution in [0.15, 0.2) is 42.6 Å². The Bertz CT molecular complexity index is 1070. The van der Waals surface area contributed by atoms with Crippen molar-refractivity contribution in [2.24, 2.45) is 13.0 Å². The fourth-order valence-corrected chi connectivity index (χ4v) is 4.36. The number of nitrogens with one attached hydrogen (secondary N) is 3. The molecule has 1 aromatic heterocycles. The number of hydrogen-bond acceptors (Lipinski definition) is 5. The molecule has 3 atom stereocenters. The van der Waals surface area contributed by atoms with Gasteiger partial charge in [0.2, 0.25) is 11.8 Å². The van der Waals surface area contributed by atoms with Crippen molar-refractivity contribution in [1.29, 1.82) is 0 Å². The molecule has 0 spiro atoms. The van der Waals surface area contributed by atoms with E-state index in [9.17, 15) is 28.9 Å². The van der Waals surface area contributed by atoms with E-state index >= 15 is 0 Å². The smallest absolute Gasteiger partial charge is 0.405 e. The summed E-state index contributed by atoms with van der Waals surface area (Å²) < 4.78 is 19.1. The normalized spacial score (nSPS) is 14.7. The molecular weight excluding hydrogens is 475 g/mol. The van der Waals surface area contributed by atoms with Crippen LogP contribution < -0.4 is 15.7 Å². The zero-order valence-electron chi connectivity index (χ0n) is 20.2. The van der Waals surface area contributed by atoms with Crippen LogP contribution in [0.5, 0.6) is 0 Å². The van der Waals surface area contributed by atoms with Crippen molar-refractivity contribution >= 4 is 25.5 Å².